The molecule has 7 nitrogen and oxygen atoms in total. The Balaban J connectivity index is 1.88. The number of benzene rings is 1. The van der Waals surface area contributed by atoms with E-state index in [1.165, 1.54) is 6.07 Å². The number of hydrogen-bond acceptors (Lipinski definition) is 5. The molecule has 3 N–H and O–H groups in total. The number of fused-ring (bicyclic) bond motifs is 1. The van der Waals surface area contributed by atoms with E-state index < -0.39 is 28.3 Å². The van der Waals surface area contributed by atoms with Gasteiger partial charge < -0.3 is 15.4 Å². The third-order valence-electron chi connectivity index (χ3n) is 3.74. The van der Waals surface area contributed by atoms with Crippen molar-refractivity contribution in [1.82, 2.24) is 10.0 Å². The summed E-state index contributed by atoms with van der Waals surface area (Å²) < 4.78 is 45.3. The van der Waals surface area contributed by atoms with Crippen molar-refractivity contribution in [2.45, 2.75) is 32.9 Å². The van der Waals surface area contributed by atoms with Gasteiger partial charge in [-0.2, -0.15) is 0 Å². The monoisotopic (exact) mass is 373 g/mol. The topological polar surface area (TPSA) is 96.5 Å². The minimum atomic E-state index is -3.63. The molecular weight excluding hydrogens is 349 g/mol. The summed E-state index contributed by atoms with van der Waals surface area (Å²) in [5, 5.41) is 5.56. The molecule has 0 aromatic heterocycles. The first-order chi connectivity index (χ1) is 11.8. The number of nitrogens with one attached hydrogen (secondary N) is 3. The first kappa shape index (κ1) is 19.8. The lowest BCUT2D eigenvalue weighted by Gasteiger charge is -2.19. The van der Waals surface area contributed by atoms with Crippen molar-refractivity contribution in [3.05, 3.63) is 29.1 Å². The zero-order valence-electron chi connectivity index (χ0n) is 14.4. The minimum Gasteiger partial charge on any atom is -0.378 e. The van der Waals surface area contributed by atoms with E-state index >= 15 is 0 Å². The van der Waals surface area contributed by atoms with Crippen LogP contribution in [0, 0.1) is 5.82 Å². The van der Waals surface area contributed by atoms with Gasteiger partial charge >= 0.3 is 0 Å². The van der Waals surface area contributed by atoms with Crippen LogP contribution in [0.3, 0.4) is 0 Å². The van der Waals surface area contributed by atoms with E-state index in [1.54, 1.807) is 19.9 Å². The molecule has 0 spiro atoms. The quantitative estimate of drug-likeness (QED) is 0.625. The number of amides is 1. The molecule has 1 aliphatic heterocycles. The van der Waals surface area contributed by atoms with Crippen LogP contribution in [0.15, 0.2) is 12.1 Å². The van der Waals surface area contributed by atoms with Crippen molar-refractivity contribution in [3.63, 3.8) is 0 Å². The van der Waals surface area contributed by atoms with Crippen molar-refractivity contribution >= 4 is 21.6 Å². The Labute approximate surface area is 147 Å². The van der Waals surface area contributed by atoms with Gasteiger partial charge in [0.15, 0.2) is 0 Å². The Kier molecular flexibility index (Phi) is 6.88. The third kappa shape index (κ3) is 6.03. The van der Waals surface area contributed by atoms with Crippen LogP contribution in [0.2, 0.25) is 0 Å². The summed E-state index contributed by atoms with van der Waals surface area (Å²) in [5.74, 6) is -1.32. The molecule has 0 aliphatic carbocycles. The van der Waals surface area contributed by atoms with Gasteiger partial charge in [-0.3, -0.25) is 4.79 Å². The number of ether oxygens (including phenoxy) is 1. The SMILES string of the molecule is CC(C)OCCS(=O)(=O)NCC(=O)Nc1ccc2c(c1F)CCNC2. The maximum atomic E-state index is 14.4. The number of rotatable bonds is 8. The number of sulfonamides is 1. The Morgan fingerprint density at radius 3 is 2.88 bits per heavy atom. The molecule has 0 saturated heterocycles. The maximum Gasteiger partial charge on any atom is 0.239 e. The van der Waals surface area contributed by atoms with Crippen LogP contribution in [0.4, 0.5) is 10.1 Å². The van der Waals surface area contributed by atoms with E-state index in [4.69, 9.17) is 4.74 Å². The Bertz CT molecular complexity index is 722. The second-order valence-electron chi connectivity index (χ2n) is 6.10. The molecule has 9 heteroatoms. The van der Waals surface area contributed by atoms with Gasteiger partial charge in [-0.05, 0) is 44.0 Å². The first-order valence-corrected chi connectivity index (χ1v) is 9.83. The van der Waals surface area contributed by atoms with Gasteiger partial charge in [0, 0.05) is 6.54 Å². The molecule has 0 bridgehead atoms. The van der Waals surface area contributed by atoms with Crippen LogP contribution in [0.5, 0.6) is 0 Å². The van der Waals surface area contributed by atoms with E-state index in [1.807, 2.05) is 0 Å². The van der Waals surface area contributed by atoms with Crippen molar-refractivity contribution in [2.75, 3.05) is 30.8 Å². The van der Waals surface area contributed by atoms with Crippen molar-refractivity contribution < 1.29 is 22.3 Å². The van der Waals surface area contributed by atoms with Gasteiger partial charge in [-0.15, -0.1) is 0 Å². The summed E-state index contributed by atoms with van der Waals surface area (Å²) in [7, 11) is -3.63. The molecule has 2 rings (SSSR count). The van der Waals surface area contributed by atoms with Gasteiger partial charge in [0.2, 0.25) is 15.9 Å². The van der Waals surface area contributed by atoms with Crippen molar-refractivity contribution in [3.8, 4) is 0 Å². The number of carbonyl (C=O) groups excluding carboxylic acids is 1. The largest absolute Gasteiger partial charge is 0.378 e. The van der Waals surface area contributed by atoms with Crippen LogP contribution in [0.1, 0.15) is 25.0 Å². The molecule has 0 atom stereocenters. The highest BCUT2D eigenvalue weighted by molar-refractivity contribution is 7.89. The van der Waals surface area contributed by atoms with Gasteiger partial charge in [-0.1, -0.05) is 6.07 Å². The fourth-order valence-electron chi connectivity index (χ4n) is 2.47. The van der Waals surface area contributed by atoms with Crippen LogP contribution < -0.4 is 15.4 Å². The minimum absolute atomic E-state index is 0.0438. The second-order valence-corrected chi connectivity index (χ2v) is 8.03. The number of carbonyl (C=O) groups is 1. The number of hydrogen-bond donors (Lipinski definition) is 3. The molecule has 0 fully saturated rings. The van der Waals surface area contributed by atoms with Crippen LogP contribution in [-0.4, -0.2) is 45.9 Å². The first-order valence-electron chi connectivity index (χ1n) is 8.18. The second kappa shape index (κ2) is 8.70. The Morgan fingerprint density at radius 2 is 2.16 bits per heavy atom. The van der Waals surface area contributed by atoms with E-state index in [0.29, 0.717) is 25.1 Å². The Morgan fingerprint density at radius 1 is 1.40 bits per heavy atom. The summed E-state index contributed by atoms with van der Waals surface area (Å²) >= 11 is 0. The predicted molar refractivity (Wildman–Crippen MR) is 93.3 cm³/mol. The van der Waals surface area contributed by atoms with Crippen LogP contribution in [-0.2, 0) is 32.5 Å². The summed E-state index contributed by atoms with van der Waals surface area (Å²) in [6.45, 7) is 4.47. The van der Waals surface area contributed by atoms with E-state index in [9.17, 15) is 17.6 Å². The highest BCUT2D eigenvalue weighted by atomic mass is 32.2. The molecule has 0 saturated carbocycles. The standard InChI is InChI=1S/C16H24FN3O4S/c1-11(2)24-7-8-25(22,23)19-10-15(21)20-14-4-3-12-9-18-6-5-13(12)16(14)17/h3-4,11,18-19H,5-10H2,1-2H3,(H,20,21). The lowest BCUT2D eigenvalue weighted by molar-refractivity contribution is -0.115. The van der Waals surface area contributed by atoms with Crippen LogP contribution in [0.25, 0.3) is 0 Å². The molecule has 1 aliphatic rings. The van der Waals surface area contributed by atoms with Gasteiger partial charge in [0.05, 0.1) is 30.7 Å². The summed E-state index contributed by atoms with van der Waals surface area (Å²) in [6, 6.07) is 3.25. The average molecular weight is 373 g/mol. The Hall–Kier alpha value is -1.55. The van der Waals surface area contributed by atoms with Crippen LogP contribution >= 0.6 is 0 Å². The highest BCUT2D eigenvalue weighted by Gasteiger charge is 2.18. The van der Waals surface area contributed by atoms with E-state index in [0.717, 1.165) is 5.56 Å². The molecular formula is C16H24FN3O4S. The van der Waals surface area contributed by atoms with Gasteiger partial charge in [0.25, 0.3) is 0 Å². The molecule has 140 valence electrons. The van der Waals surface area contributed by atoms with E-state index in [-0.39, 0.29) is 24.2 Å². The fraction of sp³-hybridized carbons (Fsp3) is 0.562. The van der Waals surface area contributed by atoms with Gasteiger partial charge in [0.1, 0.15) is 5.82 Å². The maximum absolute atomic E-state index is 14.4. The third-order valence-corrected chi connectivity index (χ3v) is 5.03. The molecule has 0 radical (unpaired) electrons. The predicted octanol–water partition coefficient (Wildman–Crippen LogP) is 0.754. The molecule has 1 aromatic carbocycles. The molecule has 25 heavy (non-hydrogen) atoms. The number of halogens is 1. The number of anilines is 1. The average Bonchev–Trinajstić information content (AvgIpc) is 2.55. The zero-order valence-corrected chi connectivity index (χ0v) is 15.2. The lowest BCUT2D eigenvalue weighted by Crippen LogP contribution is -2.35. The zero-order chi connectivity index (χ0) is 18.4. The normalized spacial score (nSPS) is 14.4. The smallest absolute Gasteiger partial charge is 0.239 e. The summed E-state index contributed by atoms with van der Waals surface area (Å²) in [4.78, 5) is 11.9. The molecule has 1 amide bonds. The lowest BCUT2D eigenvalue weighted by atomic mass is 9.99. The highest BCUT2D eigenvalue weighted by Crippen LogP contribution is 2.24. The van der Waals surface area contributed by atoms with Gasteiger partial charge in [-0.25, -0.2) is 17.5 Å². The summed E-state index contributed by atoms with van der Waals surface area (Å²) in [5.41, 5.74) is 1.52. The molecule has 0 unspecified atom stereocenters. The van der Waals surface area contributed by atoms with Crippen molar-refractivity contribution in [1.29, 1.82) is 0 Å². The fourth-order valence-corrected chi connectivity index (χ4v) is 3.28. The van der Waals surface area contributed by atoms with Crippen molar-refractivity contribution in [2.24, 2.45) is 0 Å². The molecule has 1 heterocycles. The molecule has 1 aromatic rings. The van der Waals surface area contributed by atoms with E-state index in [2.05, 4.69) is 15.4 Å². The summed E-state index contributed by atoms with van der Waals surface area (Å²) in [6.07, 6.45) is 0.480.